The van der Waals surface area contributed by atoms with Crippen LogP contribution in [0, 0.1) is 12.7 Å². The number of benzene rings is 1. The molecule has 4 heteroatoms. The zero-order chi connectivity index (χ0) is 12.4. The van der Waals surface area contributed by atoms with E-state index in [9.17, 15) is 9.18 Å². The lowest BCUT2D eigenvalue weighted by Crippen LogP contribution is -2.42. The summed E-state index contributed by atoms with van der Waals surface area (Å²) in [5.74, 6) is -1.10. The largest absolute Gasteiger partial charge is 0.480 e. The van der Waals surface area contributed by atoms with E-state index in [2.05, 4.69) is 5.32 Å². The fraction of sp³-hybridized carbons (Fsp3) is 0.462. The van der Waals surface area contributed by atoms with Crippen LogP contribution < -0.4 is 5.32 Å². The molecule has 1 aromatic rings. The molecule has 0 radical (unpaired) electrons. The van der Waals surface area contributed by atoms with Crippen LogP contribution in [-0.2, 0) is 4.79 Å². The molecule has 2 atom stereocenters. The van der Waals surface area contributed by atoms with Crippen LogP contribution in [-0.4, -0.2) is 17.1 Å². The highest BCUT2D eigenvalue weighted by molar-refractivity contribution is 5.73. The first-order chi connectivity index (χ1) is 8.06. The Balaban J connectivity index is 2.18. The molecule has 0 spiro atoms. The van der Waals surface area contributed by atoms with Gasteiger partial charge in [-0.05, 0) is 49.4 Å². The van der Waals surface area contributed by atoms with Gasteiger partial charge in [0.05, 0.1) is 0 Å². The SMILES string of the molecule is Cc1cc(F)cc(C2CCCC(C(=O)O)N2)c1. The lowest BCUT2D eigenvalue weighted by molar-refractivity contribution is -0.140. The molecule has 0 aromatic heterocycles. The fourth-order valence-electron chi connectivity index (χ4n) is 2.36. The van der Waals surface area contributed by atoms with E-state index < -0.39 is 12.0 Å². The number of nitrogens with one attached hydrogen (secondary N) is 1. The summed E-state index contributed by atoms with van der Waals surface area (Å²) in [5, 5.41) is 12.0. The molecule has 17 heavy (non-hydrogen) atoms. The molecule has 1 heterocycles. The van der Waals surface area contributed by atoms with Crippen LogP contribution in [0.5, 0.6) is 0 Å². The molecule has 2 rings (SSSR count). The normalized spacial score (nSPS) is 24.6. The molecule has 0 saturated carbocycles. The first-order valence-electron chi connectivity index (χ1n) is 5.82. The maximum atomic E-state index is 13.3. The number of carboxylic acid groups (broad SMARTS) is 1. The van der Waals surface area contributed by atoms with E-state index in [0.29, 0.717) is 6.42 Å². The highest BCUT2D eigenvalue weighted by atomic mass is 19.1. The minimum absolute atomic E-state index is 0.0563. The zero-order valence-corrected chi connectivity index (χ0v) is 9.74. The summed E-state index contributed by atoms with van der Waals surface area (Å²) in [6, 6.07) is 4.29. The van der Waals surface area contributed by atoms with Crippen molar-refractivity contribution in [3.63, 3.8) is 0 Å². The van der Waals surface area contributed by atoms with Gasteiger partial charge in [-0.2, -0.15) is 0 Å². The Morgan fingerprint density at radius 3 is 2.82 bits per heavy atom. The van der Waals surface area contributed by atoms with Gasteiger partial charge in [-0.1, -0.05) is 6.07 Å². The number of carboxylic acids is 1. The van der Waals surface area contributed by atoms with Crippen LogP contribution in [0.1, 0.15) is 36.4 Å². The predicted molar refractivity (Wildman–Crippen MR) is 62.3 cm³/mol. The van der Waals surface area contributed by atoms with Gasteiger partial charge in [-0.25, -0.2) is 4.39 Å². The number of rotatable bonds is 2. The van der Waals surface area contributed by atoms with Crippen molar-refractivity contribution >= 4 is 5.97 Å². The van der Waals surface area contributed by atoms with E-state index in [1.807, 2.05) is 13.0 Å². The topological polar surface area (TPSA) is 49.3 Å². The summed E-state index contributed by atoms with van der Waals surface area (Å²) < 4.78 is 13.3. The first-order valence-corrected chi connectivity index (χ1v) is 5.82. The summed E-state index contributed by atoms with van der Waals surface area (Å²) in [5.41, 5.74) is 1.70. The molecule has 1 aliphatic rings. The van der Waals surface area contributed by atoms with E-state index in [-0.39, 0.29) is 11.9 Å². The number of piperidine rings is 1. The van der Waals surface area contributed by atoms with Crippen molar-refractivity contribution in [1.29, 1.82) is 0 Å². The zero-order valence-electron chi connectivity index (χ0n) is 9.74. The summed E-state index contributed by atoms with van der Waals surface area (Å²) in [7, 11) is 0. The predicted octanol–water partition coefficient (Wildman–Crippen LogP) is 2.40. The average Bonchev–Trinajstić information content (AvgIpc) is 2.28. The molecule has 0 aliphatic carbocycles. The van der Waals surface area contributed by atoms with Gasteiger partial charge in [0.25, 0.3) is 0 Å². The van der Waals surface area contributed by atoms with E-state index in [4.69, 9.17) is 5.11 Å². The van der Waals surface area contributed by atoms with Crippen molar-refractivity contribution in [2.24, 2.45) is 0 Å². The quantitative estimate of drug-likeness (QED) is 0.830. The van der Waals surface area contributed by atoms with Gasteiger partial charge >= 0.3 is 5.97 Å². The number of aryl methyl sites for hydroxylation is 1. The Labute approximate surface area is 99.7 Å². The van der Waals surface area contributed by atoms with E-state index in [1.54, 1.807) is 0 Å². The van der Waals surface area contributed by atoms with Crippen molar-refractivity contribution in [3.8, 4) is 0 Å². The molecule has 3 nitrogen and oxygen atoms in total. The Morgan fingerprint density at radius 1 is 1.41 bits per heavy atom. The van der Waals surface area contributed by atoms with Crippen molar-refractivity contribution in [1.82, 2.24) is 5.32 Å². The third-order valence-electron chi connectivity index (χ3n) is 3.15. The van der Waals surface area contributed by atoms with Gasteiger partial charge in [-0.15, -0.1) is 0 Å². The summed E-state index contributed by atoms with van der Waals surface area (Å²) in [6.45, 7) is 1.84. The second-order valence-corrected chi connectivity index (χ2v) is 4.60. The molecule has 1 fully saturated rings. The molecule has 1 aliphatic heterocycles. The van der Waals surface area contributed by atoms with Crippen molar-refractivity contribution in [2.45, 2.75) is 38.3 Å². The second-order valence-electron chi connectivity index (χ2n) is 4.60. The molecule has 2 N–H and O–H groups in total. The monoisotopic (exact) mass is 237 g/mol. The second kappa shape index (κ2) is 4.84. The smallest absolute Gasteiger partial charge is 0.320 e. The number of halogens is 1. The van der Waals surface area contributed by atoms with Gasteiger partial charge < -0.3 is 5.11 Å². The third-order valence-corrected chi connectivity index (χ3v) is 3.15. The minimum Gasteiger partial charge on any atom is -0.480 e. The van der Waals surface area contributed by atoms with Gasteiger partial charge in [0.2, 0.25) is 0 Å². The Bertz CT molecular complexity index is 413. The van der Waals surface area contributed by atoms with Gasteiger partial charge in [0, 0.05) is 6.04 Å². The van der Waals surface area contributed by atoms with Crippen molar-refractivity contribution in [3.05, 3.63) is 35.1 Å². The van der Waals surface area contributed by atoms with Gasteiger partial charge in [-0.3, -0.25) is 10.1 Å². The number of carbonyl (C=O) groups is 1. The summed E-state index contributed by atoms with van der Waals surface area (Å²) in [6.07, 6.45) is 2.34. The summed E-state index contributed by atoms with van der Waals surface area (Å²) >= 11 is 0. The molecule has 1 aromatic carbocycles. The molecule has 0 amide bonds. The van der Waals surface area contributed by atoms with Crippen LogP contribution in [0.4, 0.5) is 4.39 Å². The van der Waals surface area contributed by atoms with Gasteiger partial charge in [0.1, 0.15) is 11.9 Å². The molecule has 92 valence electrons. The van der Waals surface area contributed by atoms with Crippen LogP contribution in [0.15, 0.2) is 18.2 Å². The molecule has 0 bridgehead atoms. The Morgan fingerprint density at radius 2 is 2.18 bits per heavy atom. The lowest BCUT2D eigenvalue weighted by Gasteiger charge is -2.29. The first kappa shape index (κ1) is 12.0. The van der Waals surface area contributed by atoms with E-state index in [0.717, 1.165) is 24.0 Å². The number of hydrogen-bond donors (Lipinski definition) is 2. The van der Waals surface area contributed by atoms with Crippen LogP contribution in [0.25, 0.3) is 0 Å². The molecular weight excluding hydrogens is 221 g/mol. The van der Waals surface area contributed by atoms with Crippen LogP contribution in [0.3, 0.4) is 0 Å². The van der Waals surface area contributed by atoms with Crippen LogP contribution >= 0.6 is 0 Å². The standard InChI is InChI=1S/C13H16FNO2/c1-8-5-9(7-10(14)6-8)11-3-2-4-12(15-11)13(16)17/h5-7,11-12,15H,2-4H2,1H3,(H,16,17). The average molecular weight is 237 g/mol. The molecule has 2 unspecified atom stereocenters. The Kier molecular flexibility index (Phi) is 3.43. The minimum atomic E-state index is -0.831. The summed E-state index contributed by atoms with van der Waals surface area (Å²) in [4.78, 5) is 10.9. The van der Waals surface area contributed by atoms with Crippen molar-refractivity contribution in [2.75, 3.05) is 0 Å². The lowest BCUT2D eigenvalue weighted by atomic mass is 9.92. The molecule has 1 saturated heterocycles. The van der Waals surface area contributed by atoms with Crippen molar-refractivity contribution < 1.29 is 14.3 Å². The van der Waals surface area contributed by atoms with Gasteiger partial charge in [0.15, 0.2) is 0 Å². The maximum absolute atomic E-state index is 13.3. The highest BCUT2D eigenvalue weighted by Gasteiger charge is 2.26. The van der Waals surface area contributed by atoms with E-state index >= 15 is 0 Å². The van der Waals surface area contributed by atoms with Crippen LogP contribution in [0.2, 0.25) is 0 Å². The third kappa shape index (κ3) is 2.82. The Hall–Kier alpha value is -1.42. The number of hydrogen-bond acceptors (Lipinski definition) is 2. The fourth-order valence-corrected chi connectivity index (χ4v) is 2.36. The highest BCUT2D eigenvalue weighted by Crippen LogP contribution is 2.26. The number of aliphatic carboxylic acids is 1. The molecular formula is C13H16FNO2. The maximum Gasteiger partial charge on any atom is 0.320 e. The van der Waals surface area contributed by atoms with E-state index in [1.165, 1.54) is 12.1 Å².